The maximum Gasteiger partial charge on any atom is 0.433 e. The quantitative estimate of drug-likeness (QED) is 0.625. The first-order valence-corrected chi connectivity index (χ1v) is 8.51. The van der Waals surface area contributed by atoms with Crippen molar-refractivity contribution in [2.24, 2.45) is 0 Å². The molecule has 10 heteroatoms. The van der Waals surface area contributed by atoms with Crippen LogP contribution in [0.2, 0.25) is 0 Å². The van der Waals surface area contributed by atoms with Crippen molar-refractivity contribution in [3.63, 3.8) is 0 Å². The fraction of sp³-hybridized carbons (Fsp3) is 0.312. The average Bonchev–Trinajstić information content (AvgIpc) is 2.91. The molecule has 0 unspecified atom stereocenters. The number of carbonyl (C=O) groups is 1. The van der Waals surface area contributed by atoms with Gasteiger partial charge in [-0.1, -0.05) is 0 Å². The van der Waals surface area contributed by atoms with Crippen LogP contribution in [0.1, 0.15) is 23.7 Å². The fourth-order valence-electron chi connectivity index (χ4n) is 3.35. The summed E-state index contributed by atoms with van der Waals surface area (Å²) in [7, 11) is 0. The summed E-state index contributed by atoms with van der Waals surface area (Å²) in [6.45, 7) is 1.52. The highest BCUT2D eigenvalue weighted by Gasteiger charge is 2.39. The van der Waals surface area contributed by atoms with E-state index in [-0.39, 0.29) is 51.8 Å². The van der Waals surface area contributed by atoms with E-state index in [1.54, 1.807) is 0 Å². The number of fused-ring (bicyclic) bond motifs is 5. The number of hydrogen-bond donors (Lipinski definition) is 2. The van der Waals surface area contributed by atoms with Gasteiger partial charge in [-0.3, -0.25) is 9.59 Å². The number of aromatic nitrogens is 2. The third-order valence-corrected chi connectivity index (χ3v) is 5.60. The Morgan fingerprint density at radius 3 is 2.77 bits per heavy atom. The van der Waals surface area contributed by atoms with Crippen molar-refractivity contribution in [1.82, 2.24) is 14.9 Å². The third-order valence-electron chi connectivity index (χ3n) is 4.50. The van der Waals surface area contributed by atoms with E-state index in [2.05, 4.69) is 9.97 Å². The number of halogens is 3. The summed E-state index contributed by atoms with van der Waals surface area (Å²) in [5, 5.41) is 10.4. The minimum atomic E-state index is -4.64. The van der Waals surface area contributed by atoms with E-state index in [1.165, 1.54) is 11.8 Å². The lowest BCUT2D eigenvalue weighted by Gasteiger charge is -2.30. The van der Waals surface area contributed by atoms with E-state index < -0.39 is 17.4 Å². The Balaban J connectivity index is 2.14. The number of pyridine rings is 2. The zero-order chi connectivity index (χ0) is 18.8. The maximum atomic E-state index is 13.5. The average molecular weight is 383 g/mol. The molecule has 0 fully saturated rings. The molecule has 4 rings (SSSR count). The molecule has 0 bridgehead atoms. The molecule has 6 nitrogen and oxygen atoms in total. The lowest BCUT2D eigenvalue weighted by atomic mass is 9.95. The summed E-state index contributed by atoms with van der Waals surface area (Å²) in [6.07, 6.45) is -4.62. The Kier molecular flexibility index (Phi) is 3.52. The molecule has 1 amide bonds. The monoisotopic (exact) mass is 383 g/mol. The van der Waals surface area contributed by atoms with Gasteiger partial charge in [-0.25, -0.2) is 4.98 Å². The van der Waals surface area contributed by atoms with Gasteiger partial charge in [-0.15, -0.1) is 11.3 Å². The topological polar surface area (TPSA) is 86.3 Å². The molecule has 4 heterocycles. The zero-order valence-electron chi connectivity index (χ0n) is 13.4. The summed E-state index contributed by atoms with van der Waals surface area (Å²) in [5.41, 5.74) is -0.945. The summed E-state index contributed by atoms with van der Waals surface area (Å²) < 4.78 is 40.8. The molecule has 1 aliphatic heterocycles. The number of nitrogens with zero attached hydrogens (tertiary/aromatic N) is 2. The van der Waals surface area contributed by atoms with Crippen LogP contribution in [-0.4, -0.2) is 32.4 Å². The summed E-state index contributed by atoms with van der Waals surface area (Å²) in [6, 6.07) is 0.969. The molecule has 3 aromatic rings. The fourth-order valence-corrected chi connectivity index (χ4v) is 4.43. The molecular weight excluding hydrogens is 371 g/mol. The van der Waals surface area contributed by atoms with Crippen LogP contribution in [0.4, 0.5) is 13.2 Å². The number of thiophene rings is 1. The molecule has 0 aliphatic carbocycles. The third kappa shape index (κ3) is 2.44. The van der Waals surface area contributed by atoms with Crippen molar-refractivity contribution >= 4 is 37.7 Å². The van der Waals surface area contributed by atoms with Crippen molar-refractivity contribution in [2.75, 3.05) is 6.54 Å². The van der Waals surface area contributed by atoms with E-state index in [9.17, 15) is 27.9 Å². The molecule has 2 N–H and O–H groups in total. The number of H-pyrrole nitrogens is 1. The smallest absolute Gasteiger partial charge is 0.433 e. The molecule has 0 aromatic carbocycles. The summed E-state index contributed by atoms with van der Waals surface area (Å²) in [5.74, 6) is -0.557. The van der Waals surface area contributed by atoms with Crippen LogP contribution in [0.15, 0.2) is 10.9 Å². The molecule has 3 aromatic heterocycles. The molecule has 0 spiro atoms. The van der Waals surface area contributed by atoms with Gasteiger partial charge in [0.15, 0.2) is 0 Å². The van der Waals surface area contributed by atoms with Crippen molar-refractivity contribution in [3.8, 4) is 5.75 Å². The predicted octanol–water partition coefficient (Wildman–Crippen LogP) is 2.77. The van der Waals surface area contributed by atoms with E-state index >= 15 is 0 Å². The lowest BCUT2D eigenvalue weighted by Crippen LogP contribution is -2.35. The van der Waals surface area contributed by atoms with Crippen LogP contribution < -0.4 is 5.56 Å². The van der Waals surface area contributed by atoms with E-state index in [0.717, 1.165) is 17.4 Å². The van der Waals surface area contributed by atoms with Crippen molar-refractivity contribution in [3.05, 3.63) is 33.2 Å². The summed E-state index contributed by atoms with van der Waals surface area (Å²) in [4.78, 5) is 31.4. The first-order valence-electron chi connectivity index (χ1n) is 7.69. The van der Waals surface area contributed by atoms with E-state index in [4.69, 9.17) is 0 Å². The Morgan fingerprint density at radius 2 is 2.12 bits per heavy atom. The number of amides is 1. The Labute approximate surface area is 147 Å². The number of nitrogens with one attached hydrogen (secondary N) is 1. The van der Waals surface area contributed by atoms with Gasteiger partial charge in [0.2, 0.25) is 5.91 Å². The van der Waals surface area contributed by atoms with Crippen LogP contribution in [-0.2, 0) is 23.9 Å². The Morgan fingerprint density at radius 1 is 1.38 bits per heavy atom. The molecule has 0 saturated heterocycles. The van der Waals surface area contributed by atoms with Crippen LogP contribution in [0.3, 0.4) is 0 Å². The highest BCUT2D eigenvalue weighted by Crippen LogP contribution is 2.43. The van der Waals surface area contributed by atoms with Gasteiger partial charge in [-0.05, 0) is 17.5 Å². The van der Waals surface area contributed by atoms with Gasteiger partial charge >= 0.3 is 6.18 Å². The van der Waals surface area contributed by atoms with Gasteiger partial charge in [0.1, 0.15) is 16.3 Å². The van der Waals surface area contributed by atoms with Crippen LogP contribution in [0.25, 0.3) is 20.4 Å². The summed E-state index contributed by atoms with van der Waals surface area (Å²) >= 11 is 0.875. The van der Waals surface area contributed by atoms with Gasteiger partial charge in [0.05, 0.1) is 10.2 Å². The van der Waals surface area contributed by atoms with Crippen LogP contribution in [0.5, 0.6) is 5.75 Å². The Hall–Kier alpha value is -2.62. The second kappa shape index (κ2) is 5.44. The predicted molar refractivity (Wildman–Crippen MR) is 89.2 cm³/mol. The SMILES string of the molecule is CC(=O)N1CCc2c(C(F)(F)F)nc3sc4c(O)cc(=O)[nH]c4c3c2C1. The number of aromatic amines is 1. The lowest BCUT2D eigenvalue weighted by molar-refractivity contribution is -0.141. The van der Waals surface area contributed by atoms with Crippen molar-refractivity contribution < 1.29 is 23.1 Å². The van der Waals surface area contributed by atoms with Crippen molar-refractivity contribution in [1.29, 1.82) is 0 Å². The number of rotatable bonds is 0. The van der Waals surface area contributed by atoms with E-state index in [1.807, 2.05) is 0 Å². The molecule has 0 saturated carbocycles. The first-order chi connectivity index (χ1) is 12.2. The van der Waals surface area contributed by atoms with Gasteiger partial charge in [0.25, 0.3) is 5.56 Å². The van der Waals surface area contributed by atoms with Crippen molar-refractivity contribution in [2.45, 2.75) is 26.1 Å². The van der Waals surface area contributed by atoms with Gasteiger partial charge in [-0.2, -0.15) is 13.2 Å². The number of alkyl halides is 3. The Bertz CT molecular complexity index is 1130. The molecular formula is C16H12F3N3O3S. The van der Waals surface area contributed by atoms with E-state index in [0.29, 0.717) is 10.9 Å². The highest BCUT2D eigenvalue weighted by molar-refractivity contribution is 7.25. The van der Waals surface area contributed by atoms with Gasteiger partial charge in [0, 0.05) is 31.5 Å². The largest absolute Gasteiger partial charge is 0.506 e. The molecule has 0 atom stereocenters. The number of carbonyl (C=O) groups excluding carboxylic acids is 1. The highest BCUT2D eigenvalue weighted by atomic mass is 32.1. The minimum Gasteiger partial charge on any atom is -0.506 e. The first kappa shape index (κ1) is 16.8. The maximum absolute atomic E-state index is 13.5. The zero-order valence-corrected chi connectivity index (χ0v) is 14.2. The minimum absolute atomic E-state index is 0.00368. The molecule has 1 aliphatic rings. The molecule has 136 valence electrons. The van der Waals surface area contributed by atoms with Crippen LogP contribution >= 0.6 is 11.3 Å². The van der Waals surface area contributed by atoms with Gasteiger partial charge < -0.3 is 15.0 Å². The standard InChI is InChI=1S/C16H12F3N3O3S/c1-6(23)22-3-2-7-8(5-22)11-12-13(9(24)4-10(25)20-12)26-15(11)21-14(7)16(17,18)19/h4H,2-3,5H2,1H3,(H2,20,24,25). The number of aromatic hydroxyl groups is 1. The second-order valence-corrected chi connectivity index (χ2v) is 7.11. The normalized spacial score (nSPS) is 14.8. The number of hydrogen-bond acceptors (Lipinski definition) is 5. The molecule has 26 heavy (non-hydrogen) atoms. The molecule has 0 radical (unpaired) electrons. The van der Waals surface area contributed by atoms with Crippen LogP contribution in [0, 0.1) is 0 Å². The second-order valence-electron chi connectivity index (χ2n) is 6.11.